The lowest BCUT2D eigenvalue weighted by Gasteiger charge is -1.91. The molecule has 0 radical (unpaired) electrons. The van der Waals surface area contributed by atoms with Crippen molar-refractivity contribution in [3.63, 3.8) is 0 Å². The SMILES string of the molecule is CNc1nc2cc(Cl)c(F)cc2[nH]1. The first kappa shape index (κ1) is 8.31. The third-order valence-corrected chi connectivity index (χ3v) is 2.05. The lowest BCUT2D eigenvalue weighted by Crippen LogP contribution is -1.88. The summed E-state index contributed by atoms with van der Waals surface area (Å²) in [7, 11) is 1.73. The quantitative estimate of drug-likeness (QED) is 0.741. The number of H-pyrrole nitrogens is 1. The van der Waals surface area contributed by atoms with E-state index in [1.54, 1.807) is 7.05 Å². The first-order valence-electron chi connectivity index (χ1n) is 3.73. The zero-order valence-electron chi connectivity index (χ0n) is 6.86. The van der Waals surface area contributed by atoms with Crippen LogP contribution in [0.3, 0.4) is 0 Å². The number of aromatic nitrogens is 2. The lowest BCUT2D eigenvalue weighted by atomic mass is 10.3. The monoisotopic (exact) mass is 199 g/mol. The molecule has 1 heterocycles. The molecule has 1 aromatic heterocycles. The van der Waals surface area contributed by atoms with E-state index >= 15 is 0 Å². The maximum absolute atomic E-state index is 13.0. The molecule has 0 fully saturated rings. The second kappa shape index (κ2) is 2.88. The van der Waals surface area contributed by atoms with Crippen molar-refractivity contribution in [2.24, 2.45) is 0 Å². The predicted molar refractivity (Wildman–Crippen MR) is 50.6 cm³/mol. The third-order valence-electron chi connectivity index (χ3n) is 1.76. The lowest BCUT2D eigenvalue weighted by molar-refractivity contribution is 0.630. The van der Waals surface area contributed by atoms with Gasteiger partial charge in [0.05, 0.1) is 16.1 Å². The summed E-state index contributed by atoms with van der Waals surface area (Å²) in [5, 5.41) is 2.91. The minimum absolute atomic E-state index is 0.0849. The van der Waals surface area contributed by atoms with Crippen LogP contribution in [0.5, 0.6) is 0 Å². The number of nitrogens with one attached hydrogen (secondary N) is 2. The van der Waals surface area contributed by atoms with Crippen LogP contribution in [0.25, 0.3) is 11.0 Å². The Balaban J connectivity index is 2.70. The summed E-state index contributed by atoms with van der Waals surface area (Å²) in [6.45, 7) is 0. The van der Waals surface area contributed by atoms with Crippen LogP contribution in [0.15, 0.2) is 12.1 Å². The highest BCUT2D eigenvalue weighted by Gasteiger charge is 2.05. The van der Waals surface area contributed by atoms with Crippen LogP contribution in [0.1, 0.15) is 0 Å². The third kappa shape index (κ3) is 1.33. The van der Waals surface area contributed by atoms with Crippen molar-refractivity contribution in [1.82, 2.24) is 9.97 Å². The van der Waals surface area contributed by atoms with Gasteiger partial charge in [-0.25, -0.2) is 9.37 Å². The minimum Gasteiger partial charge on any atom is -0.359 e. The Morgan fingerprint density at radius 2 is 2.31 bits per heavy atom. The average molecular weight is 200 g/mol. The summed E-state index contributed by atoms with van der Waals surface area (Å²) < 4.78 is 13.0. The van der Waals surface area contributed by atoms with Gasteiger partial charge in [0.15, 0.2) is 0 Å². The zero-order valence-corrected chi connectivity index (χ0v) is 7.61. The minimum atomic E-state index is -0.444. The van der Waals surface area contributed by atoms with E-state index in [1.807, 2.05) is 0 Å². The highest BCUT2D eigenvalue weighted by molar-refractivity contribution is 6.31. The fourth-order valence-corrected chi connectivity index (χ4v) is 1.28. The summed E-state index contributed by atoms with van der Waals surface area (Å²) in [5.41, 5.74) is 1.28. The van der Waals surface area contributed by atoms with Crippen LogP contribution in [0.4, 0.5) is 10.3 Å². The Morgan fingerprint density at radius 1 is 1.54 bits per heavy atom. The Morgan fingerprint density at radius 3 is 3.00 bits per heavy atom. The number of rotatable bonds is 1. The summed E-state index contributed by atoms with van der Waals surface area (Å²) >= 11 is 5.59. The Kier molecular flexibility index (Phi) is 1.84. The van der Waals surface area contributed by atoms with Crippen molar-refractivity contribution >= 4 is 28.6 Å². The Bertz CT molecular complexity index is 413. The summed E-state index contributed by atoms with van der Waals surface area (Å²) in [5.74, 6) is 0.150. The highest BCUT2D eigenvalue weighted by Crippen LogP contribution is 2.22. The Labute approximate surface area is 78.9 Å². The molecule has 3 nitrogen and oxygen atoms in total. The van der Waals surface area contributed by atoms with Gasteiger partial charge in [0.1, 0.15) is 5.82 Å². The first-order valence-corrected chi connectivity index (χ1v) is 4.11. The summed E-state index contributed by atoms with van der Waals surface area (Å²) in [6.07, 6.45) is 0. The smallest absolute Gasteiger partial charge is 0.200 e. The number of hydrogen-bond acceptors (Lipinski definition) is 2. The Hall–Kier alpha value is -1.29. The molecule has 0 aliphatic rings. The number of fused-ring (bicyclic) bond motifs is 1. The zero-order chi connectivity index (χ0) is 9.42. The van der Waals surface area contributed by atoms with Gasteiger partial charge in [0, 0.05) is 13.1 Å². The van der Waals surface area contributed by atoms with Crippen LogP contribution in [0.2, 0.25) is 5.02 Å². The van der Waals surface area contributed by atoms with E-state index in [9.17, 15) is 4.39 Å². The van der Waals surface area contributed by atoms with Crippen LogP contribution >= 0.6 is 11.6 Å². The van der Waals surface area contributed by atoms with Gasteiger partial charge < -0.3 is 10.3 Å². The van der Waals surface area contributed by atoms with Crippen molar-refractivity contribution < 1.29 is 4.39 Å². The standard InChI is InChI=1S/C8H7ClFN3/c1-11-8-12-6-2-4(9)5(10)3-7(6)13-8/h2-3H,1H3,(H2,11,12,13). The van der Waals surface area contributed by atoms with E-state index in [0.717, 1.165) is 0 Å². The summed E-state index contributed by atoms with van der Waals surface area (Å²) in [4.78, 5) is 7.01. The average Bonchev–Trinajstić information content (AvgIpc) is 2.48. The van der Waals surface area contributed by atoms with Crippen molar-refractivity contribution in [3.05, 3.63) is 23.0 Å². The largest absolute Gasteiger partial charge is 0.359 e. The molecule has 0 aliphatic heterocycles. The molecule has 0 amide bonds. The molecule has 0 saturated carbocycles. The molecule has 2 N–H and O–H groups in total. The van der Waals surface area contributed by atoms with Crippen molar-refractivity contribution in [1.29, 1.82) is 0 Å². The van der Waals surface area contributed by atoms with E-state index in [-0.39, 0.29) is 5.02 Å². The van der Waals surface area contributed by atoms with Gasteiger partial charge in [0.25, 0.3) is 0 Å². The normalized spacial score (nSPS) is 10.7. The van der Waals surface area contributed by atoms with Crippen LogP contribution in [-0.4, -0.2) is 17.0 Å². The number of hydrogen-bond donors (Lipinski definition) is 2. The number of halogens is 2. The maximum atomic E-state index is 13.0. The first-order chi connectivity index (χ1) is 6.20. The van der Waals surface area contributed by atoms with Crippen LogP contribution in [-0.2, 0) is 0 Å². The van der Waals surface area contributed by atoms with E-state index in [4.69, 9.17) is 11.6 Å². The van der Waals surface area contributed by atoms with Gasteiger partial charge >= 0.3 is 0 Å². The molecule has 0 unspecified atom stereocenters. The van der Waals surface area contributed by atoms with Crippen molar-refractivity contribution in [2.45, 2.75) is 0 Å². The molecule has 0 spiro atoms. The fourth-order valence-electron chi connectivity index (χ4n) is 1.12. The number of nitrogens with zero attached hydrogens (tertiary/aromatic N) is 1. The number of benzene rings is 1. The molecule has 0 saturated heterocycles. The number of imidazole rings is 1. The van der Waals surface area contributed by atoms with E-state index in [2.05, 4.69) is 15.3 Å². The fraction of sp³-hybridized carbons (Fsp3) is 0.125. The molecule has 0 atom stereocenters. The van der Waals surface area contributed by atoms with E-state index in [0.29, 0.717) is 17.0 Å². The van der Waals surface area contributed by atoms with Crippen molar-refractivity contribution in [2.75, 3.05) is 12.4 Å². The second-order valence-corrected chi connectivity index (χ2v) is 3.03. The van der Waals surface area contributed by atoms with Gasteiger partial charge in [0.2, 0.25) is 5.95 Å². The molecule has 68 valence electrons. The highest BCUT2D eigenvalue weighted by atomic mass is 35.5. The second-order valence-electron chi connectivity index (χ2n) is 2.62. The summed E-state index contributed by atoms with van der Waals surface area (Å²) in [6, 6.07) is 2.81. The van der Waals surface area contributed by atoms with Crippen LogP contribution in [0, 0.1) is 5.82 Å². The molecular formula is C8H7ClFN3. The predicted octanol–water partition coefficient (Wildman–Crippen LogP) is 2.40. The molecule has 13 heavy (non-hydrogen) atoms. The molecule has 5 heteroatoms. The topological polar surface area (TPSA) is 40.7 Å². The van der Waals surface area contributed by atoms with Gasteiger partial charge in [-0.1, -0.05) is 11.6 Å². The van der Waals surface area contributed by atoms with E-state index < -0.39 is 5.82 Å². The number of aromatic amines is 1. The van der Waals surface area contributed by atoms with E-state index in [1.165, 1.54) is 12.1 Å². The molecule has 1 aromatic carbocycles. The molecule has 2 aromatic rings. The number of anilines is 1. The van der Waals surface area contributed by atoms with Gasteiger partial charge in [-0.15, -0.1) is 0 Å². The van der Waals surface area contributed by atoms with Gasteiger partial charge in [-0.2, -0.15) is 0 Å². The molecule has 0 aliphatic carbocycles. The maximum Gasteiger partial charge on any atom is 0.200 e. The van der Waals surface area contributed by atoms with Gasteiger partial charge in [-0.05, 0) is 6.07 Å². The molecular weight excluding hydrogens is 193 g/mol. The molecule has 2 rings (SSSR count). The molecule has 0 bridgehead atoms. The van der Waals surface area contributed by atoms with Gasteiger partial charge in [-0.3, -0.25) is 0 Å². The van der Waals surface area contributed by atoms with Crippen molar-refractivity contribution in [3.8, 4) is 0 Å². The van der Waals surface area contributed by atoms with Crippen LogP contribution < -0.4 is 5.32 Å².